The van der Waals surface area contributed by atoms with E-state index in [0.29, 0.717) is 12.8 Å². The number of sulfonamides is 1. The number of esters is 2. The summed E-state index contributed by atoms with van der Waals surface area (Å²) < 4.78 is 34.8. The van der Waals surface area contributed by atoms with Gasteiger partial charge in [-0.2, -0.15) is 4.31 Å². The zero-order chi connectivity index (χ0) is 14.6. The van der Waals surface area contributed by atoms with Crippen molar-refractivity contribution in [3.63, 3.8) is 0 Å². The van der Waals surface area contributed by atoms with Crippen LogP contribution >= 0.6 is 0 Å². The van der Waals surface area contributed by atoms with Crippen molar-refractivity contribution in [2.45, 2.75) is 37.5 Å². The Labute approximate surface area is 112 Å². The zero-order valence-electron chi connectivity index (χ0n) is 11.3. The minimum atomic E-state index is -3.92. The van der Waals surface area contributed by atoms with Crippen molar-refractivity contribution < 1.29 is 27.5 Å². The highest BCUT2D eigenvalue weighted by molar-refractivity contribution is 7.90. The lowest BCUT2D eigenvalue weighted by molar-refractivity contribution is -0.146. The number of rotatable bonds is 4. The van der Waals surface area contributed by atoms with Gasteiger partial charge >= 0.3 is 11.9 Å². The normalized spacial score (nSPS) is 22.6. The van der Waals surface area contributed by atoms with Crippen LogP contribution < -0.4 is 0 Å². The first-order chi connectivity index (χ1) is 8.86. The number of nitrogens with zero attached hydrogens (tertiary/aromatic N) is 1. The van der Waals surface area contributed by atoms with Crippen molar-refractivity contribution in [1.29, 1.82) is 0 Å². The highest BCUT2D eigenvalue weighted by atomic mass is 32.2. The number of ether oxygens (including phenoxy) is 2. The lowest BCUT2D eigenvalue weighted by atomic mass is 10.1. The summed E-state index contributed by atoms with van der Waals surface area (Å²) in [5.41, 5.74) is 0. The van der Waals surface area contributed by atoms with Gasteiger partial charge in [-0.05, 0) is 26.2 Å². The van der Waals surface area contributed by atoms with E-state index in [1.54, 1.807) is 0 Å². The molecule has 1 rings (SSSR count). The second kappa shape index (κ2) is 6.33. The Bertz CT molecular complexity index is 446. The molecule has 1 saturated heterocycles. The molecule has 0 amide bonds. The first-order valence-corrected chi connectivity index (χ1v) is 7.53. The van der Waals surface area contributed by atoms with Crippen LogP contribution in [0.15, 0.2) is 0 Å². The Morgan fingerprint density at radius 2 is 1.84 bits per heavy atom. The molecule has 0 spiro atoms. The number of hydrogen-bond acceptors (Lipinski definition) is 6. The number of piperidine rings is 1. The van der Waals surface area contributed by atoms with Crippen molar-refractivity contribution in [3.05, 3.63) is 0 Å². The Hall–Kier alpha value is -1.15. The van der Waals surface area contributed by atoms with E-state index in [1.807, 2.05) is 0 Å². The zero-order valence-corrected chi connectivity index (χ0v) is 12.1. The van der Waals surface area contributed by atoms with Crippen LogP contribution in [0.4, 0.5) is 0 Å². The summed E-state index contributed by atoms with van der Waals surface area (Å²) in [4.78, 5) is 23.0. The van der Waals surface area contributed by atoms with Crippen molar-refractivity contribution in [2.24, 2.45) is 0 Å². The molecule has 0 bridgehead atoms. The molecule has 7 nitrogen and oxygen atoms in total. The van der Waals surface area contributed by atoms with Crippen molar-refractivity contribution in [1.82, 2.24) is 4.31 Å². The Morgan fingerprint density at radius 1 is 1.21 bits per heavy atom. The van der Waals surface area contributed by atoms with E-state index >= 15 is 0 Å². The molecule has 110 valence electrons. The quantitative estimate of drug-likeness (QED) is 0.673. The van der Waals surface area contributed by atoms with Gasteiger partial charge in [-0.3, -0.25) is 9.59 Å². The van der Waals surface area contributed by atoms with Crippen LogP contribution in [0.1, 0.15) is 26.2 Å². The molecule has 0 aromatic rings. The maximum Gasteiger partial charge on any atom is 0.325 e. The Kier molecular flexibility index (Phi) is 5.30. The fourth-order valence-corrected chi connectivity index (χ4v) is 3.75. The summed E-state index contributed by atoms with van der Waals surface area (Å²) in [7, 11) is -1.58. The van der Waals surface area contributed by atoms with Gasteiger partial charge in [-0.1, -0.05) is 0 Å². The SMILES string of the molecule is COC(=O)C1CCCCN1S(=O)(=O)C(C)C(=O)OC. The molecule has 19 heavy (non-hydrogen) atoms. The minimum Gasteiger partial charge on any atom is -0.468 e. The number of carbonyl (C=O) groups is 2. The summed E-state index contributed by atoms with van der Waals surface area (Å²) in [6.45, 7) is 1.47. The Balaban J connectivity index is 3.02. The minimum absolute atomic E-state index is 0.212. The molecule has 2 atom stereocenters. The summed E-state index contributed by atoms with van der Waals surface area (Å²) in [6.07, 6.45) is 1.80. The van der Waals surface area contributed by atoms with Gasteiger partial charge in [0.1, 0.15) is 6.04 Å². The summed E-state index contributed by atoms with van der Waals surface area (Å²) in [6, 6.07) is -0.851. The lowest BCUT2D eigenvalue weighted by Crippen LogP contribution is -2.52. The topological polar surface area (TPSA) is 90.0 Å². The van der Waals surface area contributed by atoms with E-state index in [9.17, 15) is 18.0 Å². The third-order valence-electron chi connectivity index (χ3n) is 3.23. The summed E-state index contributed by atoms with van der Waals surface area (Å²) in [5.74, 6) is -1.44. The van der Waals surface area contributed by atoms with Gasteiger partial charge in [-0.25, -0.2) is 8.42 Å². The van der Waals surface area contributed by atoms with Crippen LogP contribution in [0.3, 0.4) is 0 Å². The van der Waals surface area contributed by atoms with Gasteiger partial charge in [0.15, 0.2) is 5.25 Å². The fraction of sp³-hybridized carbons (Fsp3) is 0.818. The maximum atomic E-state index is 12.3. The van der Waals surface area contributed by atoms with Crippen LogP contribution in [0.5, 0.6) is 0 Å². The average Bonchev–Trinajstić information content (AvgIpc) is 2.44. The van der Waals surface area contributed by atoms with E-state index in [-0.39, 0.29) is 6.54 Å². The predicted molar refractivity (Wildman–Crippen MR) is 66.8 cm³/mol. The smallest absolute Gasteiger partial charge is 0.325 e. The largest absolute Gasteiger partial charge is 0.468 e. The lowest BCUT2D eigenvalue weighted by Gasteiger charge is -2.33. The monoisotopic (exact) mass is 293 g/mol. The predicted octanol–water partition coefficient (Wildman–Crippen LogP) is -0.0948. The summed E-state index contributed by atoms with van der Waals surface area (Å²) >= 11 is 0. The van der Waals surface area contributed by atoms with Gasteiger partial charge in [0.05, 0.1) is 14.2 Å². The van der Waals surface area contributed by atoms with Gasteiger partial charge in [-0.15, -0.1) is 0 Å². The molecule has 2 unspecified atom stereocenters. The second-order valence-corrected chi connectivity index (χ2v) is 6.56. The van der Waals surface area contributed by atoms with Gasteiger partial charge in [0.2, 0.25) is 10.0 Å². The standard InChI is InChI=1S/C11H19NO6S/c1-8(10(13)17-2)19(15,16)12-7-5-4-6-9(12)11(14)18-3/h8-9H,4-7H2,1-3H3. The third-order valence-corrected chi connectivity index (χ3v) is 5.41. The third kappa shape index (κ3) is 3.24. The van der Waals surface area contributed by atoms with E-state index in [0.717, 1.165) is 17.8 Å². The second-order valence-electron chi connectivity index (χ2n) is 4.36. The highest BCUT2D eigenvalue weighted by Crippen LogP contribution is 2.24. The van der Waals surface area contributed by atoms with E-state index in [2.05, 4.69) is 9.47 Å². The van der Waals surface area contributed by atoms with Gasteiger partial charge in [0, 0.05) is 6.54 Å². The fourth-order valence-electron chi connectivity index (χ4n) is 2.07. The molecular weight excluding hydrogens is 274 g/mol. The van der Waals surface area contributed by atoms with Crippen LogP contribution in [-0.4, -0.2) is 56.7 Å². The Morgan fingerprint density at radius 3 is 2.37 bits per heavy atom. The molecule has 0 N–H and O–H groups in total. The number of carbonyl (C=O) groups excluding carboxylic acids is 2. The van der Waals surface area contributed by atoms with Crippen LogP contribution in [0.25, 0.3) is 0 Å². The molecule has 1 heterocycles. The number of hydrogen-bond donors (Lipinski definition) is 0. The van der Waals surface area contributed by atoms with Crippen LogP contribution in [-0.2, 0) is 29.1 Å². The molecule has 8 heteroatoms. The molecule has 1 fully saturated rings. The molecular formula is C11H19NO6S. The highest BCUT2D eigenvalue weighted by Gasteiger charge is 2.42. The molecule has 0 saturated carbocycles. The van der Waals surface area contributed by atoms with E-state index in [4.69, 9.17) is 0 Å². The first-order valence-electron chi connectivity index (χ1n) is 6.02. The molecule has 1 aliphatic heterocycles. The van der Waals surface area contributed by atoms with E-state index in [1.165, 1.54) is 14.0 Å². The first kappa shape index (κ1) is 15.9. The van der Waals surface area contributed by atoms with Crippen molar-refractivity contribution in [3.8, 4) is 0 Å². The molecule has 0 aromatic carbocycles. The molecule has 0 radical (unpaired) electrons. The van der Waals surface area contributed by atoms with Crippen molar-refractivity contribution >= 4 is 22.0 Å². The maximum absolute atomic E-state index is 12.3. The number of methoxy groups -OCH3 is 2. The molecule has 0 aliphatic carbocycles. The summed E-state index contributed by atoms with van der Waals surface area (Å²) in [5, 5.41) is -1.33. The van der Waals surface area contributed by atoms with Crippen LogP contribution in [0.2, 0.25) is 0 Å². The molecule has 1 aliphatic rings. The van der Waals surface area contributed by atoms with Gasteiger partial charge in [0.25, 0.3) is 0 Å². The molecule has 0 aromatic heterocycles. The van der Waals surface area contributed by atoms with Crippen LogP contribution in [0, 0.1) is 0 Å². The average molecular weight is 293 g/mol. The van der Waals surface area contributed by atoms with E-state index < -0.39 is 33.3 Å². The van der Waals surface area contributed by atoms with Crippen molar-refractivity contribution in [2.75, 3.05) is 20.8 Å². The van der Waals surface area contributed by atoms with Gasteiger partial charge < -0.3 is 9.47 Å².